The van der Waals surface area contributed by atoms with Crippen LogP contribution in [0, 0.1) is 5.92 Å². The normalized spacial score (nSPS) is 52.6. The summed E-state index contributed by atoms with van der Waals surface area (Å²) in [4.78, 5) is 0. The van der Waals surface area contributed by atoms with Gasteiger partial charge < -0.3 is 14.6 Å². The quantitative estimate of drug-likeness (QED) is 0.676. The van der Waals surface area contributed by atoms with E-state index in [4.69, 9.17) is 9.47 Å². The molecule has 3 rings (SSSR count). The number of rotatable bonds is 1. The molecule has 4 unspecified atom stereocenters. The average Bonchev–Trinajstić information content (AvgIpc) is 2.79. The van der Waals surface area contributed by atoms with Crippen LogP contribution in [-0.2, 0) is 9.47 Å². The summed E-state index contributed by atoms with van der Waals surface area (Å²) >= 11 is 0. The van der Waals surface area contributed by atoms with Gasteiger partial charge in [0.05, 0.1) is 24.7 Å². The second-order valence-electron chi connectivity index (χ2n) is 4.24. The van der Waals surface area contributed by atoms with E-state index in [0.717, 1.165) is 18.4 Å². The van der Waals surface area contributed by atoms with Gasteiger partial charge in [0.1, 0.15) is 0 Å². The first-order valence-corrected chi connectivity index (χ1v) is 5.08. The molecular weight excluding hydrogens is 180 g/mol. The standard InChI is InChI=1S/C11H14O3/c1-2-3-7-6-13-11-5-4-8(14-11)10(12)9(7)11/h2-3,8-10,12H,1,4-6H2. The first-order chi connectivity index (χ1) is 6.77. The predicted molar refractivity (Wildman–Crippen MR) is 50.6 cm³/mol. The maximum Gasteiger partial charge on any atom is 0.178 e. The molecule has 3 fully saturated rings. The first kappa shape index (κ1) is 8.65. The minimum atomic E-state index is -0.501. The van der Waals surface area contributed by atoms with Gasteiger partial charge in [0.15, 0.2) is 5.79 Å². The van der Waals surface area contributed by atoms with E-state index in [1.54, 1.807) is 6.08 Å². The lowest BCUT2D eigenvalue weighted by Gasteiger charge is -2.26. The SMILES string of the molecule is C=CC=C1COC23CCC(O2)C(O)C13. The molecule has 14 heavy (non-hydrogen) atoms. The van der Waals surface area contributed by atoms with Crippen molar-refractivity contribution in [3.8, 4) is 0 Å². The van der Waals surface area contributed by atoms with E-state index in [-0.39, 0.29) is 12.0 Å². The van der Waals surface area contributed by atoms with Gasteiger partial charge in [0.25, 0.3) is 0 Å². The van der Waals surface area contributed by atoms with Crippen LogP contribution in [0.1, 0.15) is 12.8 Å². The summed E-state index contributed by atoms with van der Waals surface area (Å²) in [6, 6.07) is 0. The lowest BCUT2D eigenvalue weighted by atomic mass is 9.81. The van der Waals surface area contributed by atoms with Crippen molar-refractivity contribution >= 4 is 0 Å². The van der Waals surface area contributed by atoms with Crippen LogP contribution in [0.2, 0.25) is 0 Å². The number of hydrogen-bond donors (Lipinski definition) is 1. The van der Waals surface area contributed by atoms with Gasteiger partial charge in [-0.25, -0.2) is 0 Å². The summed E-state index contributed by atoms with van der Waals surface area (Å²) in [6.07, 6.45) is 5.10. The molecular formula is C11H14O3. The number of aliphatic hydroxyl groups excluding tert-OH is 1. The summed E-state index contributed by atoms with van der Waals surface area (Å²) in [7, 11) is 0. The Kier molecular flexibility index (Phi) is 1.66. The highest BCUT2D eigenvalue weighted by Crippen LogP contribution is 2.55. The number of fused-ring (bicyclic) bond motifs is 1. The molecule has 1 spiro atoms. The fraction of sp³-hybridized carbons (Fsp3) is 0.636. The molecule has 2 bridgehead atoms. The van der Waals surface area contributed by atoms with Gasteiger partial charge >= 0.3 is 0 Å². The van der Waals surface area contributed by atoms with Gasteiger partial charge in [-0.3, -0.25) is 0 Å². The lowest BCUT2D eigenvalue weighted by Crippen LogP contribution is -2.37. The van der Waals surface area contributed by atoms with Crippen molar-refractivity contribution < 1.29 is 14.6 Å². The van der Waals surface area contributed by atoms with Gasteiger partial charge in [-0.05, 0) is 12.0 Å². The van der Waals surface area contributed by atoms with E-state index in [0.29, 0.717) is 6.61 Å². The molecule has 0 aromatic heterocycles. The Bertz CT molecular complexity index is 310. The van der Waals surface area contributed by atoms with Crippen molar-refractivity contribution in [1.29, 1.82) is 0 Å². The van der Waals surface area contributed by atoms with Crippen molar-refractivity contribution in [3.63, 3.8) is 0 Å². The van der Waals surface area contributed by atoms with Crippen LogP contribution in [0.25, 0.3) is 0 Å². The third-order valence-corrected chi connectivity index (χ3v) is 3.54. The summed E-state index contributed by atoms with van der Waals surface area (Å²) < 4.78 is 11.4. The Morgan fingerprint density at radius 1 is 1.57 bits per heavy atom. The number of aliphatic hydroxyl groups is 1. The van der Waals surface area contributed by atoms with E-state index in [2.05, 4.69) is 6.58 Å². The lowest BCUT2D eigenvalue weighted by molar-refractivity contribution is -0.182. The minimum absolute atomic E-state index is 0.0199. The molecule has 0 aromatic carbocycles. The van der Waals surface area contributed by atoms with Gasteiger partial charge in [0, 0.05) is 6.42 Å². The molecule has 3 aliphatic heterocycles. The van der Waals surface area contributed by atoms with Crippen molar-refractivity contribution in [1.82, 2.24) is 0 Å². The van der Waals surface area contributed by atoms with Gasteiger partial charge in [-0.15, -0.1) is 0 Å². The molecule has 0 saturated carbocycles. The third kappa shape index (κ3) is 0.874. The summed E-state index contributed by atoms with van der Waals surface area (Å²) in [5, 5.41) is 10.0. The zero-order valence-electron chi connectivity index (χ0n) is 7.98. The van der Waals surface area contributed by atoms with Crippen molar-refractivity contribution in [2.75, 3.05) is 6.61 Å². The second-order valence-corrected chi connectivity index (χ2v) is 4.24. The molecule has 3 nitrogen and oxygen atoms in total. The molecule has 0 radical (unpaired) electrons. The van der Waals surface area contributed by atoms with Crippen molar-refractivity contribution in [2.24, 2.45) is 5.92 Å². The Balaban J connectivity index is 1.99. The molecule has 0 aliphatic carbocycles. The van der Waals surface area contributed by atoms with Crippen LogP contribution in [0.15, 0.2) is 24.3 Å². The van der Waals surface area contributed by atoms with Crippen LogP contribution in [-0.4, -0.2) is 29.7 Å². The van der Waals surface area contributed by atoms with Gasteiger partial charge in [-0.1, -0.05) is 18.7 Å². The average molecular weight is 194 g/mol. The summed E-state index contributed by atoms with van der Waals surface area (Å²) in [5.74, 6) is -0.460. The highest BCUT2D eigenvalue weighted by atomic mass is 16.7. The van der Waals surface area contributed by atoms with Crippen molar-refractivity contribution in [3.05, 3.63) is 24.3 Å². The fourth-order valence-electron chi connectivity index (χ4n) is 2.96. The zero-order valence-corrected chi connectivity index (χ0v) is 7.98. The second kappa shape index (κ2) is 2.69. The highest BCUT2D eigenvalue weighted by Gasteiger charge is 2.64. The Morgan fingerprint density at radius 3 is 3.21 bits per heavy atom. The number of ether oxygens (including phenoxy) is 2. The summed E-state index contributed by atoms with van der Waals surface area (Å²) in [6.45, 7) is 4.24. The van der Waals surface area contributed by atoms with Crippen LogP contribution in [0.3, 0.4) is 0 Å². The monoisotopic (exact) mass is 194 g/mol. The minimum Gasteiger partial charge on any atom is -0.390 e. The van der Waals surface area contributed by atoms with Gasteiger partial charge in [-0.2, -0.15) is 0 Å². The first-order valence-electron chi connectivity index (χ1n) is 5.08. The molecule has 76 valence electrons. The topological polar surface area (TPSA) is 38.7 Å². The van der Waals surface area contributed by atoms with Crippen LogP contribution in [0.5, 0.6) is 0 Å². The van der Waals surface area contributed by atoms with E-state index in [1.807, 2.05) is 6.08 Å². The number of hydrogen-bond acceptors (Lipinski definition) is 3. The zero-order chi connectivity index (χ0) is 9.76. The van der Waals surface area contributed by atoms with Crippen LogP contribution in [0.4, 0.5) is 0 Å². The Morgan fingerprint density at radius 2 is 2.43 bits per heavy atom. The van der Waals surface area contributed by atoms with Gasteiger partial charge in [0.2, 0.25) is 0 Å². The van der Waals surface area contributed by atoms with Crippen LogP contribution < -0.4 is 0 Å². The molecule has 4 atom stereocenters. The largest absolute Gasteiger partial charge is 0.390 e. The smallest absolute Gasteiger partial charge is 0.178 e. The molecule has 3 heterocycles. The Labute approximate surface area is 83.0 Å². The molecule has 3 heteroatoms. The molecule has 1 N–H and O–H groups in total. The third-order valence-electron chi connectivity index (χ3n) is 3.54. The number of allylic oxidation sites excluding steroid dienone is 2. The summed E-state index contributed by atoms with van der Waals surface area (Å²) in [5.41, 5.74) is 1.12. The molecule has 3 saturated heterocycles. The van der Waals surface area contributed by atoms with E-state index >= 15 is 0 Å². The predicted octanol–water partition coefficient (Wildman–Crippen LogP) is 0.995. The van der Waals surface area contributed by atoms with E-state index < -0.39 is 11.9 Å². The van der Waals surface area contributed by atoms with E-state index in [1.165, 1.54) is 0 Å². The van der Waals surface area contributed by atoms with E-state index in [9.17, 15) is 5.11 Å². The van der Waals surface area contributed by atoms with Crippen molar-refractivity contribution in [2.45, 2.75) is 30.8 Å². The highest BCUT2D eigenvalue weighted by molar-refractivity contribution is 5.26. The van der Waals surface area contributed by atoms with Crippen LogP contribution >= 0.6 is 0 Å². The molecule has 3 aliphatic rings. The maximum atomic E-state index is 10.0. The molecule has 0 amide bonds. The fourth-order valence-corrected chi connectivity index (χ4v) is 2.96. The maximum absolute atomic E-state index is 10.0. The molecule has 0 aromatic rings. The Hall–Kier alpha value is -0.640.